The van der Waals surface area contributed by atoms with Crippen molar-refractivity contribution in [3.05, 3.63) is 128 Å². The van der Waals surface area contributed by atoms with Gasteiger partial charge in [0.15, 0.2) is 0 Å². The number of nitrogens with one attached hydrogen (secondary N) is 1. The molecule has 1 N–H and O–H groups in total. The Morgan fingerprint density at radius 3 is 2.17 bits per heavy atom. The number of rotatable bonds is 14. The van der Waals surface area contributed by atoms with Crippen molar-refractivity contribution in [3.8, 4) is 0 Å². The molecule has 0 aromatic heterocycles. The molecule has 4 aromatic rings. The summed E-state index contributed by atoms with van der Waals surface area (Å²) in [5.74, 6) is -0.918. The number of carbonyl (C=O) groups is 2. The number of benzene rings is 4. The van der Waals surface area contributed by atoms with Crippen LogP contribution in [0.2, 0.25) is 15.1 Å². The number of sulfonamides is 1. The largest absolute Gasteiger partial charge is 0.354 e. The number of aryl methyl sites for hydroxylation is 2. The van der Waals surface area contributed by atoms with Crippen LogP contribution in [0.15, 0.2) is 95.9 Å². The second-order valence-electron chi connectivity index (χ2n) is 11.4. The maximum Gasteiger partial charge on any atom is 0.264 e. The molecule has 0 radical (unpaired) electrons. The van der Waals surface area contributed by atoms with E-state index >= 15 is 0 Å². The summed E-state index contributed by atoms with van der Waals surface area (Å²) in [4.78, 5) is 29.9. The highest BCUT2D eigenvalue weighted by Crippen LogP contribution is 2.30. The fourth-order valence-electron chi connectivity index (χ4n) is 5.14. The Labute approximate surface area is 292 Å². The van der Waals surface area contributed by atoms with E-state index in [1.165, 1.54) is 17.0 Å². The summed E-state index contributed by atoms with van der Waals surface area (Å²) in [6, 6.07) is 24.7. The van der Waals surface area contributed by atoms with Crippen molar-refractivity contribution < 1.29 is 18.0 Å². The quantitative estimate of drug-likeness (QED) is 0.134. The molecule has 7 nitrogen and oxygen atoms in total. The van der Waals surface area contributed by atoms with Gasteiger partial charge in [0.2, 0.25) is 11.8 Å². The molecule has 0 aliphatic carbocycles. The molecule has 11 heteroatoms. The molecule has 0 fully saturated rings. The van der Waals surface area contributed by atoms with E-state index in [2.05, 4.69) is 5.32 Å². The van der Waals surface area contributed by atoms with Gasteiger partial charge in [0.1, 0.15) is 12.6 Å². The van der Waals surface area contributed by atoms with Crippen LogP contribution in [-0.2, 0) is 32.6 Å². The van der Waals surface area contributed by atoms with Crippen molar-refractivity contribution in [2.24, 2.45) is 0 Å². The zero-order chi connectivity index (χ0) is 34.1. The highest BCUT2D eigenvalue weighted by atomic mass is 35.5. The lowest BCUT2D eigenvalue weighted by Crippen LogP contribution is -2.53. The number of hydrogen-bond acceptors (Lipinski definition) is 4. The molecule has 4 rings (SSSR count). The Morgan fingerprint density at radius 2 is 1.53 bits per heavy atom. The van der Waals surface area contributed by atoms with Gasteiger partial charge >= 0.3 is 0 Å². The number of unbranched alkanes of at least 4 members (excludes halogenated alkanes) is 1. The van der Waals surface area contributed by atoms with Gasteiger partial charge in [-0.3, -0.25) is 13.9 Å². The van der Waals surface area contributed by atoms with Crippen LogP contribution >= 0.6 is 34.8 Å². The van der Waals surface area contributed by atoms with Crippen LogP contribution < -0.4 is 9.62 Å². The zero-order valence-electron chi connectivity index (χ0n) is 26.5. The summed E-state index contributed by atoms with van der Waals surface area (Å²) in [5, 5.41) is 4.05. The Kier molecular flexibility index (Phi) is 12.7. The lowest BCUT2D eigenvalue weighted by molar-refractivity contribution is -0.140. The summed E-state index contributed by atoms with van der Waals surface area (Å²) in [7, 11) is -4.24. The number of anilines is 1. The van der Waals surface area contributed by atoms with E-state index in [1.807, 2.05) is 44.2 Å². The molecule has 0 saturated carbocycles. The monoisotopic (exact) mass is 713 g/mol. The van der Waals surface area contributed by atoms with Gasteiger partial charge < -0.3 is 10.2 Å². The molecule has 0 spiro atoms. The van der Waals surface area contributed by atoms with Crippen LogP contribution in [0.3, 0.4) is 0 Å². The van der Waals surface area contributed by atoms with E-state index in [9.17, 15) is 18.0 Å². The van der Waals surface area contributed by atoms with E-state index in [4.69, 9.17) is 34.8 Å². The molecule has 4 aromatic carbocycles. The first-order valence-electron chi connectivity index (χ1n) is 15.3. The fraction of sp³-hybridized carbons (Fsp3) is 0.278. The molecular formula is C36H38Cl3N3O4S. The van der Waals surface area contributed by atoms with Crippen molar-refractivity contribution in [1.82, 2.24) is 10.2 Å². The molecule has 0 aliphatic rings. The van der Waals surface area contributed by atoms with E-state index in [0.717, 1.165) is 28.3 Å². The average Bonchev–Trinajstić information content (AvgIpc) is 3.04. The van der Waals surface area contributed by atoms with Crippen molar-refractivity contribution in [2.75, 3.05) is 17.4 Å². The highest BCUT2D eigenvalue weighted by Gasteiger charge is 2.35. The zero-order valence-corrected chi connectivity index (χ0v) is 29.6. The maximum absolute atomic E-state index is 14.6. The molecular weight excluding hydrogens is 677 g/mol. The third-order valence-corrected chi connectivity index (χ3v) is 10.5. The van der Waals surface area contributed by atoms with Crippen molar-refractivity contribution >= 4 is 62.3 Å². The third kappa shape index (κ3) is 9.51. The first kappa shape index (κ1) is 36.3. The molecule has 2 amide bonds. The van der Waals surface area contributed by atoms with Gasteiger partial charge in [0.05, 0.1) is 20.6 Å². The number of hydrogen-bond donors (Lipinski definition) is 1. The first-order chi connectivity index (χ1) is 22.4. The summed E-state index contributed by atoms with van der Waals surface area (Å²) in [6.45, 7) is 5.46. The van der Waals surface area contributed by atoms with Crippen LogP contribution in [0, 0.1) is 13.8 Å². The summed E-state index contributed by atoms with van der Waals surface area (Å²) in [6.07, 6.45) is 1.85. The SMILES string of the molecule is CCCCNC(=O)C(Cc1ccccc1)N(Cc1ccc(Cl)c(Cl)c1)C(=O)CN(c1ccc(Cl)cc1C)S(=O)(=O)c1ccc(C)cc1. The Balaban J connectivity index is 1.83. The standard InChI is InChI=1S/C36H38Cl3N3O4S/c1-4-5-19-40-36(44)34(22-27-9-7-6-8-10-27)41(23-28-13-17-31(38)32(39)21-28)35(43)24-42(33-18-14-29(37)20-26(33)3)47(45,46)30-15-11-25(2)12-16-30/h6-18,20-21,34H,4-5,19,22-24H2,1-3H3,(H,40,44). The van der Waals surface area contributed by atoms with Gasteiger partial charge in [-0.25, -0.2) is 8.42 Å². The number of halogens is 3. The summed E-state index contributed by atoms with van der Waals surface area (Å²) < 4.78 is 29.6. The van der Waals surface area contributed by atoms with Gasteiger partial charge in [-0.15, -0.1) is 0 Å². The van der Waals surface area contributed by atoms with Crippen LogP contribution in [-0.4, -0.2) is 44.3 Å². The smallest absolute Gasteiger partial charge is 0.264 e. The van der Waals surface area contributed by atoms with Gasteiger partial charge in [0, 0.05) is 24.5 Å². The fourth-order valence-corrected chi connectivity index (χ4v) is 7.17. The van der Waals surface area contributed by atoms with Gasteiger partial charge in [0.25, 0.3) is 10.0 Å². The predicted octanol–water partition coefficient (Wildman–Crippen LogP) is 8.02. The Morgan fingerprint density at radius 1 is 0.830 bits per heavy atom. The summed E-state index contributed by atoms with van der Waals surface area (Å²) in [5.41, 5.74) is 3.22. The van der Waals surface area contributed by atoms with Crippen LogP contribution in [0.5, 0.6) is 0 Å². The van der Waals surface area contributed by atoms with Crippen molar-refractivity contribution in [1.29, 1.82) is 0 Å². The minimum atomic E-state index is -4.24. The van der Waals surface area contributed by atoms with Crippen molar-refractivity contribution in [2.45, 2.75) is 57.5 Å². The molecule has 0 saturated heterocycles. The molecule has 248 valence electrons. The Hall–Kier alpha value is -3.56. The maximum atomic E-state index is 14.6. The number of amides is 2. The lowest BCUT2D eigenvalue weighted by atomic mass is 10.0. The highest BCUT2D eigenvalue weighted by molar-refractivity contribution is 7.92. The second-order valence-corrected chi connectivity index (χ2v) is 14.5. The van der Waals surface area contributed by atoms with E-state index in [1.54, 1.807) is 55.5 Å². The number of nitrogens with zero attached hydrogens (tertiary/aromatic N) is 2. The molecule has 0 bridgehead atoms. The predicted molar refractivity (Wildman–Crippen MR) is 191 cm³/mol. The number of carbonyl (C=O) groups excluding carboxylic acids is 2. The normalized spacial score (nSPS) is 12.0. The molecule has 1 atom stereocenters. The first-order valence-corrected chi connectivity index (χ1v) is 17.9. The van der Waals surface area contributed by atoms with Crippen LogP contribution in [0.25, 0.3) is 0 Å². The Bertz CT molecular complexity index is 1800. The average molecular weight is 715 g/mol. The molecule has 1 unspecified atom stereocenters. The lowest BCUT2D eigenvalue weighted by Gasteiger charge is -2.34. The minimum absolute atomic E-state index is 0.0214. The third-order valence-electron chi connectivity index (χ3n) is 7.75. The van der Waals surface area contributed by atoms with E-state index < -0.39 is 28.5 Å². The van der Waals surface area contributed by atoms with Gasteiger partial charge in [-0.05, 0) is 79.4 Å². The molecule has 47 heavy (non-hydrogen) atoms. The van der Waals surface area contributed by atoms with Crippen LogP contribution in [0.4, 0.5) is 5.69 Å². The summed E-state index contributed by atoms with van der Waals surface area (Å²) >= 11 is 18.8. The van der Waals surface area contributed by atoms with Gasteiger partial charge in [-0.2, -0.15) is 0 Å². The van der Waals surface area contributed by atoms with E-state index in [-0.39, 0.29) is 23.8 Å². The molecule has 0 heterocycles. The van der Waals surface area contributed by atoms with Crippen LogP contribution in [0.1, 0.15) is 42.0 Å². The van der Waals surface area contributed by atoms with E-state index in [0.29, 0.717) is 38.4 Å². The second kappa shape index (κ2) is 16.5. The molecule has 0 aliphatic heterocycles. The topological polar surface area (TPSA) is 86.8 Å². The van der Waals surface area contributed by atoms with Crippen molar-refractivity contribution in [3.63, 3.8) is 0 Å². The minimum Gasteiger partial charge on any atom is -0.354 e. The van der Waals surface area contributed by atoms with Gasteiger partial charge in [-0.1, -0.05) is 102 Å².